The van der Waals surface area contributed by atoms with Crippen LogP contribution in [0.25, 0.3) is 0 Å². The molecule has 0 radical (unpaired) electrons. The largest absolute Gasteiger partial charge is 0.478 e. The molecule has 0 aliphatic carbocycles. The molecule has 0 rings (SSSR count). The van der Waals surface area contributed by atoms with Crippen molar-refractivity contribution >= 4 is 21.2 Å². The van der Waals surface area contributed by atoms with Crippen LogP contribution in [-0.4, -0.2) is 29.2 Å². The van der Waals surface area contributed by atoms with E-state index in [-0.39, 0.29) is 24.8 Å². The molecule has 0 saturated carbocycles. The van der Waals surface area contributed by atoms with E-state index >= 15 is 0 Å². The van der Waals surface area contributed by atoms with E-state index in [0.29, 0.717) is 6.42 Å². The molecule has 7 heteroatoms. The number of carbonyl (C=O) groups is 2. The van der Waals surface area contributed by atoms with Crippen molar-refractivity contribution in [1.29, 1.82) is 0 Å². The topological polar surface area (TPSA) is 109 Å². The molecule has 0 atom stereocenters. The van der Waals surface area contributed by atoms with Crippen LogP contribution in [0.5, 0.6) is 0 Å². The summed E-state index contributed by atoms with van der Waals surface area (Å²) >= 11 is 0. The summed E-state index contributed by atoms with van der Waals surface area (Å²) in [5.74, 6) is -1.11. The molecule has 0 heterocycles. The number of carboxylic acids is 1. The smallest absolute Gasteiger partial charge is 0.330 e. The van der Waals surface area contributed by atoms with Gasteiger partial charge in [0.15, 0.2) is 0 Å². The predicted molar refractivity (Wildman–Crippen MR) is 51.8 cm³/mol. The molecular weight excluding hydrogens is 224 g/mol. The molecule has 0 fully saturated rings. The van der Waals surface area contributed by atoms with Crippen LogP contribution in [0, 0.1) is 0 Å². The second kappa shape index (κ2) is 5.62. The van der Waals surface area contributed by atoms with E-state index in [0.717, 1.165) is 0 Å². The Bertz CT molecular complexity index is 367. The Labute approximate surface area is 87.4 Å². The summed E-state index contributed by atoms with van der Waals surface area (Å²) < 4.78 is 28.8. The van der Waals surface area contributed by atoms with Gasteiger partial charge in [-0.1, -0.05) is 6.58 Å². The Balaban J connectivity index is 3.79. The first kappa shape index (κ1) is 13.8. The van der Waals surface area contributed by atoms with Gasteiger partial charge in [-0.3, -0.25) is 9.35 Å². The van der Waals surface area contributed by atoms with E-state index in [1.54, 1.807) is 0 Å². The Morgan fingerprint density at radius 1 is 1.13 bits per heavy atom. The SMILES string of the molecule is C=C(CCCCC(=O)S(=O)(=O)O)C(=O)O. The Hall–Kier alpha value is -1.21. The molecule has 0 aromatic carbocycles. The quantitative estimate of drug-likeness (QED) is 0.397. The molecule has 0 aliphatic heterocycles. The van der Waals surface area contributed by atoms with Crippen LogP contribution in [0.4, 0.5) is 0 Å². The normalized spacial score (nSPS) is 11.0. The van der Waals surface area contributed by atoms with E-state index in [4.69, 9.17) is 9.66 Å². The molecule has 0 saturated heterocycles. The van der Waals surface area contributed by atoms with E-state index in [9.17, 15) is 18.0 Å². The van der Waals surface area contributed by atoms with Crippen molar-refractivity contribution in [3.8, 4) is 0 Å². The van der Waals surface area contributed by atoms with Gasteiger partial charge in [0.2, 0.25) is 0 Å². The summed E-state index contributed by atoms with van der Waals surface area (Å²) in [5.41, 5.74) is 0.00862. The molecule has 15 heavy (non-hydrogen) atoms. The lowest BCUT2D eigenvalue weighted by Crippen LogP contribution is -2.12. The molecule has 0 aromatic rings. The van der Waals surface area contributed by atoms with Crippen molar-refractivity contribution in [3.05, 3.63) is 12.2 Å². The first-order valence-corrected chi connectivity index (χ1v) is 5.60. The van der Waals surface area contributed by atoms with Gasteiger partial charge < -0.3 is 5.11 Å². The zero-order valence-electron chi connectivity index (χ0n) is 7.97. The number of carboxylic acid groups (broad SMARTS) is 1. The average molecular weight is 236 g/mol. The second-order valence-electron chi connectivity index (χ2n) is 2.96. The van der Waals surface area contributed by atoms with E-state index in [1.165, 1.54) is 0 Å². The molecular formula is C8H12O6S. The van der Waals surface area contributed by atoms with Gasteiger partial charge in [-0.2, -0.15) is 8.42 Å². The van der Waals surface area contributed by atoms with Gasteiger partial charge in [-0.05, 0) is 19.3 Å². The Morgan fingerprint density at radius 3 is 2.00 bits per heavy atom. The lowest BCUT2D eigenvalue weighted by Gasteiger charge is -1.99. The molecule has 0 aromatic heterocycles. The number of hydrogen-bond donors (Lipinski definition) is 2. The summed E-state index contributed by atoms with van der Waals surface area (Å²) in [4.78, 5) is 21.0. The van der Waals surface area contributed by atoms with Crippen LogP contribution in [0.1, 0.15) is 25.7 Å². The van der Waals surface area contributed by atoms with Crippen molar-refractivity contribution in [1.82, 2.24) is 0 Å². The van der Waals surface area contributed by atoms with Gasteiger partial charge in [0.25, 0.3) is 5.12 Å². The van der Waals surface area contributed by atoms with Crippen molar-refractivity contribution in [2.24, 2.45) is 0 Å². The fourth-order valence-corrected chi connectivity index (χ4v) is 1.25. The Kier molecular flexibility index (Phi) is 5.16. The van der Waals surface area contributed by atoms with Gasteiger partial charge in [0.1, 0.15) is 0 Å². The summed E-state index contributed by atoms with van der Waals surface area (Å²) in [6.07, 6.45) is 0.414. The maximum Gasteiger partial charge on any atom is 0.330 e. The van der Waals surface area contributed by atoms with Gasteiger partial charge in [-0.25, -0.2) is 4.79 Å². The summed E-state index contributed by atoms with van der Waals surface area (Å²) in [5, 5.41) is 7.17. The zero-order valence-corrected chi connectivity index (χ0v) is 8.79. The summed E-state index contributed by atoms with van der Waals surface area (Å²) in [6, 6.07) is 0. The summed E-state index contributed by atoms with van der Waals surface area (Å²) in [7, 11) is -4.60. The van der Waals surface area contributed by atoms with Crippen LogP contribution in [0.3, 0.4) is 0 Å². The zero-order chi connectivity index (χ0) is 12.1. The number of unbranched alkanes of at least 4 members (excludes halogenated alkanes) is 1. The molecule has 0 bridgehead atoms. The molecule has 2 N–H and O–H groups in total. The van der Waals surface area contributed by atoms with E-state index < -0.39 is 21.2 Å². The van der Waals surface area contributed by atoms with Crippen molar-refractivity contribution in [2.75, 3.05) is 0 Å². The Morgan fingerprint density at radius 2 is 1.60 bits per heavy atom. The molecule has 0 unspecified atom stereocenters. The fourth-order valence-electron chi connectivity index (χ4n) is 0.844. The lowest BCUT2D eigenvalue weighted by atomic mass is 10.1. The van der Waals surface area contributed by atoms with Crippen LogP contribution in [0.15, 0.2) is 12.2 Å². The van der Waals surface area contributed by atoms with E-state index in [2.05, 4.69) is 6.58 Å². The van der Waals surface area contributed by atoms with Crippen molar-refractivity contribution in [3.63, 3.8) is 0 Å². The van der Waals surface area contributed by atoms with Gasteiger partial charge >= 0.3 is 16.1 Å². The summed E-state index contributed by atoms with van der Waals surface area (Å²) in [6.45, 7) is 3.27. The van der Waals surface area contributed by atoms with E-state index in [1.807, 2.05) is 0 Å². The highest BCUT2D eigenvalue weighted by Crippen LogP contribution is 2.08. The molecule has 0 spiro atoms. The van der Waals surface area contributed by atoms with Crippen LogP contribution in [0.2, 0.25) is 0 Å². The predicted octanol–water partition coefficient (Wildman–Crippen LogP) is 0.602. The maximum absolute atomic E-state index is 10.7. The van der Waals surface area contributed by atoms with Gasteiger partial charge in [0.05, 0.1) is 0 Å². The minimum Gasteiger partial charge on any atom is -0.478 e. The molecule has 86 valence electrons. The molecule has 6 nitrogen and oxygen atoms in total. The van der Waals surface area contributed by atoms with Crippen molar-refractivity contribution in [2.45, 2.75) is 25.7 Å². The highest BCUT2D eigenvalue weighted by Gasteiger charge is 2.17. The lowest BCUT2D eigenvalue weighted by molar-refractivity contribution is -0.132. The standard InChI is InChI=1S/C8H12O6S/c1-6(8(10)11)4-2-3-5-7(9)15(12,13)14/h1-5H2,(H,10,11)(H,12,13,14). The fraction of sp³-hybridized carbons (Fsp3) is 0.500. The number of hydrogen-bond acceptors (Lipinski definition) is 4. The highest BCUT2D eigenvalue weighted by atomic mass is 32.2. The molecule has 0 aliphatic rings. The maximum atomic E-state index is 10.7. The van der Waals surface area contributed by atoms with Crippen LogP contribution in [-0.2, 0) is 19.7 Å². The molecule has 0 amide bonds. The third-order valence-corrected chi connectivity index (χ3v) is 2.48. The monoisotopic (exact) mass is 236 g/mol. The highest BCUT2D eigenvalue weighted by molar-refractivity contribution is 8.01. The van der Waals surface area contributed by atoms with Crippen molar-refractivity contribution < 1.29 is 27.7 Å². The number of carbonyl (C=O) groups excluding carboxylic acids is 1. The third-order valence-electron chi connectivity index (χ3n) is 1.70. The van der Waals surface area contributed by atoms with Gasteiger partial charge in [-0.15, -0.1) is 0 Å². The minimum absolute atomic E-state index is 0.00862. The van der Waals surface area contributed by atoms with Crippen LogP contribution >= 0.6 is 0 Å². The second-order valence-corrected chi connectivity index (χ2v) is 4.37. The first-order valence-electron chi connectivity index (χ1n) is 4.16. The van der Waals surface area contributed by atoms with Gasteiger partial charge in [0, 0.05) is 12.0 Å². The van der Waals surface area contributed by atoms with Crippen LogP contribution < -0.4 is 0 Å². The first-order chi connectivity index (χ1) is 6.75. The third kappa shape index (κ3) is 5.97. The minimum atomic E-state index is -4.60. The number of aliphatic carboxylic acids is 1. The average Bonchev–Trinajstić information content (AvgIpc) is 2.09. The number of rotatable bonds is 6.